The molecule has 0 bridgehead atoms. The Morgan fingerprint density at radius 1 is 0.500 bits per heavy atom. The van der Waals surface area contributed by atoms with Crippen molar-refractivity contribution in [2.45, 2.75) is 238 Å². The van der Waals surface area contributed by atoms with Gasteiger partial charge in [-0.05, 0) is 38.5 Å². The lowest BCUT2D eigenvalue weighted by molar-refractivity contribution is -0.870. The summed E-state index contributed by atoms with van der Waals surface area (Å²) in [4.78, 5) is 37.2. The summed E-state index contributed by atoms with van der Waals surface area (Å²) < 4.78 is 22.8. The average Bonchev–Trinajstić information content (AvgIpc) is 3.18. The third kappa shape index (κ3) is 42.2. The van der Waals surface area contributed by atoms with Gasteiger partial charge in [-0.15, -0.1) is 0 Å². The summed E-state index contributed by atoms with van der Waals surface area (Å²) >= 11 is 0. The average molecular weight is 825 g/mol. The number of likely N-dealkylation sites (N-methyl/N-ethyl adjacent to an activating group) is 1. The normalized spacial score (nSPS) is 12.9. The fourth-order valence-electron chi connectivity index (χ4n) is 6.95. The number of aliphatic carboxylic acids is 1. The van der Waals surface area contributed by atoms with Crippen molar-refractivity contribution in [1.29, 1.82) is 0 Å². The van der Waals surface area contributed by atoms with Crippen LogP contribution < -0.4 is 0 Å². The molecule has 0 radical (unpaired) electrons. The predicted octanol–water partition coefficient (Wildman–Crippen LogP) is 13.1. The summed E-state index contributed by atoms with van der Waals surface area (Å²) in [6.07, 6.45) is 41.3. The van der Waals surface area contributed by atoms with E-state index in [-0.39, 0.29) is 32.2 Å². The van der Waals surface area contributed by atoms with Crippen molar-refractivity contribution in [1.82, 2.24) is 0 Å². The van der Waals surface area contributed by atoms with Crippen LogP contribution in [0.2, 0.25) is 0 Å². The highest BCUT2D eigenvalue weighted by Crippen LogP contribution is 2.16. The molecule has 0 saturated heterocycles. The standard InChI is InChI=1S/C49H93NO8/c1-6-8-10-12-14-16-18-20-22-23-24-25-26-28-29-31-33-35-37-39-46(51)56-43-45(44-57-49(48(53)54)55-42-41-50(3,4)5)58-47(52)40-38-36-34-32-30-27-21-19-17-15-13-11-9-7-2/h19,21,45,49H,6-18,20,22-44H2,1-5H3/p+1/b21-19-. The van der Waals surface area contributed by atoms with Gasteiger partial charge in [0.1, 0.15) is 13.2 Å². The van der Waals surface area contributed by atoms with E-state index in [4.69, 9.17) is 18.9 Å². The number of hydrogen-bond donors (Lipinski definition) is 1. The van der Waals surface area contributed by atoms with Gasteiger partial charge in [-0.25, -0.2) is 4.79 Å². The van der Waals surface area contributed by atoms with Crippen molar-refractivity contribution in [2.24, 2.45) is 0 Å². The van der Waals surface area contributed by atoms with Gasteiger partial charge in [-0.2, -0.15) is 0 Å². The molecule has 9 nitrogen and oxygen atoms in total. The number of carbonyl (C=O) groups excluding carboxylic acids is 2. The first kappa shape index (κ1) is 56.0. The lowest BCUT2D eigenvalue weighted by Crippen LogP contribution is -2.40. The highest BCUT2D eigenvalue weighted by Gasteiger charge is 2.25. The van der Waals surface area contributed by atoms with Crippen LogP contribution in [0.3, 0.4) is 0 Å². The fourth-order valence-corrected chi connectivity index (χ4v) is 6.95. The second-order valence-electron chi connectivity index (χ2n) is 17.8. The van der Waals surface area contributed by atoms with E-state index in [1.165, 1.54) is 141 Å². The van der Waals surface area contributed by atoms with Crippen LogP contribution in [-0.4, -0.2) is 87.4 Å². The molecular weight excluding hydrogens is 731 g/mol. The number of allylic oxidation sites excluding steroid dienone is 2. The summed E-state index contributed by atoms with van der Waals surface area (Å²) in [6, 6.07) is 0. The van der Waals surface area contributed by atoms with Crippen LogP contribution in [0.5, 0.6) is 0 Å². The molecule has 0 aromatic heterocycles. The zero-order valence-corrected chi connectivity index (χ0v) is 38.7. The number of carbonyl (C=O) groups is 3. The topological polar surface area (TPSA) is 108 Å². The highest BCUT2D eigenvalue weighted by molar-refractivity contribution is 5.71. The summed E-state index contributed by atoms with van der Waals surface area (Å²) in [5, 5.41) is 9.64. The number of carboxylic acids is 1. The Kier molecular flexibility index (Phi) is 40.3. The van der Waals surface area contributed by atoms with Crippen LogP contribution >= 0.6 is 0 Å². The molecule has 0 amide bonds. The molecule has 58 heavy (non-hydrogen) atoms. The SMILES string of the molecule is CCCCCCC/C=C\CCCCCCCC(=O)OC(COC(=O)CCCCCCCCCCCCCCCCCCCCC)COC(OCC[N+](C)(C)C)C(=O)O. The molecule has 0 heterocycles. The summed E-state index contributed by atoms with van der Waals surface area (Å²) in [6.45, 7) is 4.88. The van der Waals surface area contributed by atoms with Gasteiger partial charge >= 0.3 is 17.9 Å². The highest BCUT2D eigenvalue weighted by atomic mass is 16.7. The van der Waals surface area contributed by atoms with Gasteiger partial charge in [-0.1, -0.05) is 187 Å². The number of hydrogen-bond acceptors (Lipinski definition) is 7. The molecule has 0 fully saturated rings. The van der Waals surface area contributed by atoms with Crippen molar-refractivity contribution >= 4 is 17.9 Å². The Morgan fingerprint density at radius 2 is 0.879 bits per heavy atom. The molecule has 0 aliphatic carbocycles. The van der Waals surface area contributed by atoms with Crippen molar-refractivity contribution in [3.05, 3.63) is 12.2 Å². The minimum absolute atomic E-state index is 0.179. The third-order valence-electron chi connectivity index (χ3n) is 10.8. The summed E-state index contributed by atoms with van der Waals surface area (Å²) in [5.41, 5.74) is 0. The Bertz CT molecular complexity index is 965. The molecule has 0 aliphatic heterocycles. The smallest absolute Gasteiger partial charge is 0.361 e. The first-order valence-electron chi connectivity index (χ1n) is 24.4. The van der Waals surface area contributed by atoms with Crippen molar-refractivity contribution in [3.8, 4) is 0 Å². The molecule has 0 spiro atoms. The number of rotatable bonds is 45. The first-order valence-corrected chi connectivity index (χ1v) is 24.4. The molecule has 1 N–H and O–H groups in total. The van der Waals surface area contributed by atoms with Crippen molar-refractivity contribution in [3.63, 3.8) is 0 Å². The van der Waals surface area contributed by atoms with Gasteiger partial charge in [0, 0.05) is 12.8 Å². The Balaban J connectivity index is 4.33. The van der Waals surface area contributed by atoms with E-state index in [0.717, 1.165) is 51.4 Å². The lowest BCUT2D eigenvalue weighted by Gasteiger charge is -2.25. The first-order chi connectivity index (χ1) is 28.1. The molecule has 2 atom stereocenters. The molecule has 0 aromatic carbocycles. The van der Waals surface area contributed by atoms with Crippen LogP contribution in [-0.2, 0) is 33.3 Å². The zero-order valence-electron chi connectivity index (χ0n) is 38.7. The monoisotopic (exact) mass is 825 g/mol. The maximum Gasteiger partial charge on any atom is 0.361 e. The van der Waals surface area contributed by atoms with Crippen molar-refractivity contribution in [2.75, 3.05) is 47.5 Å². The van der Waals surface area contributed by atoms with E-state index in [1.807, 2.05) is 21.1 Å². The van der Waals surface area contributed by atoms with Crippen LogP contribution in [0.25, 0.3) is 0 Å². The van der Waals surface area contributed by atoms with Crippen LogP contribution in [0.15, 0.2) is 12.2 Å². The largest absolute Gasteiger partial charge is 0.477 e. The van der Waals surface area contributed by atoms with Crippen LogP contribution in [0.1, 0.15) is 226 Å². The molecule has 2 unspecified atom stereocenters. The third-order valence-corrected chi connectivity index (χ3v) is 10.8. The van der Waals surface area contributed by atoms with Gasteiger partial charge in [-0.3, -0.25) is 9.59 Å². The molecule has 0 saturated carbocycles. The maximum absolute atomic E-state index is 12.8. The molecule has 0 aliphatic rings. The predicted molar refractivity (Wildman–Crippen MR) is 240 cm³/mol. The molecule has 0 aromatic rings. The van der Waals surface area contributed by atoms with E-state index in [2.05, 4.69) is 26.0 Å². The van der Waals surface area contributed by atoms with E-state index in [9.17, 15) is 19.5 Å². The lowest BCUT2D eigenvalue weighted by atomic mass is 10.0. The summed E-state index contributed by atoms with van der Waals surface area (Å²) in [7, 11) is 5.96. The van der Waals surface area contributed by atoms with Gasteiger partial charge < -0.3 is 28.5 Å². The minimum Gasteiger partial charge on any atom is -0.477 e. The van der Waals surface area contributed by atoms with E-state index < -0.39 is 24.3 Å². The zero-order chi connectivity index (χ0) is 42.8. The van der Waals surface area contributed by atoms with E-state index in [1.54, 1.807) is 0 Å². The number of quaternary nitrogens is 1. The molecule has 342 valence electrons. The van der Waals surface area contributed by atoms with Gasteiger partial charge in [0.2, 0.25) is 0 Å². The summed E-state index contributed by atoms with van der Waals surface area (Å²) in [5.74, 6) is -2.00. The maximum atomic E-state index is 12.8. The second kappa shape index (κ2) is 41.8. The van der Waals surface area contributed by atoms with Gasteiger partial charge in [0.05, 0.1) is 34.4 Å². The number of ether oxygens (including phenoxy) is 4. The minimum atomic E-state index is -1.51. The second-order valence-corrected chi connectivity index (χ2v) is 17.8. The number of unbranched alkanes of at least 4 members (excludes halogenated alkanes) is 28. The Labute approximate surface area is 357 Å². The fraction of sp³-hybridized carbons (Fsp3) is 0.898. The molecule has 0 rings (SSSR count). The van der Waals surface area contributed by atoms with Crippen LogP contribution in [0.4, 0.5) is 0 Å². The molecular formula is C49H94NO8+. The number of carboxylic acid groups (broad SMARTS) is 1. The Hall–Kier alpha value is -1.97. The van der Waals surface area contributed by atoms with Crippen molar-refractivity contribution < 1.29 is 42.9 Å². The molecule has 9 heteroatoms. The van der Waals surface area contributed by atoms with E-state index in [0.29, 0.717) is 23.9 Å². The van der Waals surface area contributed by atoms with Crippen LogP contribution in [0, 0.1) is 0 Å². The quantitative estimate of drug-likeness (QED) is 0.0213. The van der Waals surface area contributed by atoms with Gasteiger partial charge in [0.15, 0.2) is 6.10 Å². The number of nitrogens with zero attached hydrogens (tertiary/aromatic N) is 1. The van der Waals surface area contributed by atoms with E-state index >= 15 is 0 Å². The number of esters is 2. The van der Waals surface area contributed by atoms with Gasteiger partial charge in [0.25, 0.3) is 6.29 Å². The Morgan fingerprint density at radius 3 is 1.28 bits per heavy atom.